The normalized spacial score (nSPS) is 15.5. The summed E-state index contributed by atoms with van der Waals surface area (Å²) in [5, 5.41) is 7.67. The van der Waals surface area contributed by atoms with E-state index in [0.717, 1.165) is 5.38 Å². The lowest BCUT2D eigenvalue weighted by atomic mass is 9.87. The lowest BCUT2D eigenvalue weighted by molar-refractivity contribution is -0.198. The Bertz CT molecular complexity index is 2300. The van der Waals surface area contributed by atoms with Crippen LogP contribution in [0.15, 0.2) is 35.8 Å². The van der Waals surface area contributed by atoms with E-state index >= 15 is 0 Å². The summed E-state index contributed by atoms with van der Waals surface area (Å²) in [5.74, 6) is 3.64. The number of ether oxygens (including phenoxy) is 12. The number of hydrogen-bond acceptors (Lipinski definition) is 24. The fourth-order valence-electron chi connectivity index (χ4n) is 7.67. The molecule has 3 aliphatic rings. The maximum Gasteiger partial charge on any atom is 0.434 e. The van der Waals surface area contributed by atoms with Gasteiger partial charge in [0.2, 0.25) is 5.13 Å². The van der Waals surface area contributed by atoms with Crippen molar-refractivity contribution in [3.63, 3.8) is 0 Å². The van der Waals surface area contributed by atoms with Crippen molar-refractivity contribution in [3.05, 3.63) is 47.1 Å². The van der Waals surface area contributed by atoms with E-state index in [1.807, 2.05) is 0 Å². The van der Waals surface area contributed by atoms with Gasteiger partial charge in [0.1, 0.15) is 5.54 Å². The highest BCUT2D eigenvalue weighted by Crippen LogP contribution is 2.37. The van der Waals surface area contributed by atoms with Crippen LogP contribution in [0.5, 0.6) is 0 Å². The Balaban J connectivity index is 0.717. The van der Waals surface area contributed by atoms with Crippen LogP contribution in [0.3, 0.4) is 0 Å². The van der Waals surface area contributed by atoms with Gasteiger partial charge in [0.15, 0.2) is 5.69 Å². The largest absolute Gasteiger partial charge is 0.434 e. The third kappa shape index (κ3) is 25.6. The van der Waals surface area contributed by atoms with Crippen LogP contribution in [-0.2, 0) is 87.0 Å². The van der Waals surface area contributed by atoms with E-state index < -0.39 is 53.2 Å². The van der Waals surface area contributed by atoms with Crippen LogP contribution < -0.4 is 27.1 Å². The van der Waals surface area contributed by atoms with E-state index in [9.17, 15) is 41.9 Å². The number of thiazole rings is 1. The second-order valence-corrected chi connectivity index (χ2v) is 19.0. The number of urea groups is 2. The molecule has 0 saturated carbocycles. The molecule has 0 atom stereocenters. The van der Waals surface area contributed by atoms with Gasteiger partial charge in [0, 0.05) is 48.8 Å². The molecule has 0 radical (unpaired) electrons. The van der Waals surface area contributed by atoms with E-state index in [1.165, 1.54) is 16.1 Å². The molecule has 3 aliphatic heterocycles. The number of likely N-dealkylation sites (tertiary alicyclic amines) is 1. The second kappa shape index (κ2) is 38.3. The monoisotopic (exact) mass is 1210 g/mol. The smallest absolute Gasteiger partial charge is 0.397 e. The first kappa shape index (κ1) is 68.1. The van der Waals surface area contributed by atoms with E-state index in [1.54, 1.807) is 24.3 Å². The number of anilines is 2. The summed E-state index contributed by atoms with van der Waals surface area (Å²) in [7, 11) is 0. The van der Waals surface area contributed by atoms with E-state index in [4.69, 9.17) is 73.3 Å². The van der Waals surface area contributed by atoms with Crippen molar-refractivity contribution >= 4 is 63.6 Å². The quantitative estimate of drug-likeness (QED) is 0.0242. The van der Waals surface area contributed by atoms with Crippen molar-refractivity contribution < 1.29 is 104 Å². The van der Waals surface area contributed by atoms with Crippen LogP contribution in [-0.4, -0.2) is 239 Å². The Hall–Kier alpha value is -5.72. The fraction of sp³-hybridized carbons (Fsp3) is 0.667. The van der Waals surface area contributed by atoms with Gasteiger partial charge < -0.3 is 88.0 Å². The van der Waals surface area contributed by atoms with Gasteiger partial charge in [-0.05, 0) is 25.0 Å². The minimum atomic E-state index is -4.72. The number of rotatable bonds is 44. The molecule has 0 aliphatic carbocycles. The molecule has 0 bridgehead atoms. The van der Waals surface area contributed by atoms with E-state index in [-0.39, 0.29) is 63.5 Å². The van der Waals surface area contributed by atoms with Crippen molar-refractivity contribution in [2.45, 2.75) is 43.8 Å². The number of nitrogens with two attached hydrogens (primary N) is 2. The summed E-state index contributed by atoms with van der Waals surface area (Å²) in [6.07, 6.45) is -3.09. The summed E-state index contributed by atoms with van der Waals surface area (Å²) >= 11 is 0.542. The molecule has 5 rings (SSSR count). The number of amides is 7. The van der Waals surface area contributed by atoms with Gasteiger partial charge in [-0.1, -0.05) is 12.1 Å². The number of benzene rings is 1. The van der Waals surface area contributed by atoms with Gasteiger partial charge in [0.05, 0.1) is 177 Å². The molecule has 32 heteroatoms. The molecule has 6 N–H and O–H groups in total. The molecule has 1 aromatic heterocycles. The second-order valence-electron chi connectivity index (χ2n) is 18.1. The van der Waals surface area contributed by atoms with Crippen LogP contribution in [0.1, 0.15) is 43.4 Å². The molecule has 4 heterocycles. The highest BCUT2D eigenvalue weighted by atomic mass is 32.1. The number of imide groups is 2. The molecule has 1 spiro atoms. The maximum absolute atomic E-state index is 13.3. The third-order valence-electron chi connectivity index (χ3n) is 12.0. The first-order valence-corrected chi connectivity index (χ1v) is 27.9. The maximum atomic E-state index is 13.3. The van der Waals surface area contributed by atoms with Gasteiger partial charge in [-0.3, -0.25) is 14.4 Å². The zero-order valence-corrected chi connectivity index (χ0v) is 47.1. The molecular weight excluding hydrogens is 1130 g/mol. The predicted molar refractivity (Wildman–Crippen MR) is 287 cm³/mol. The Morgan fingerprint density at radius 1 is 0.675 bits per heavy atom. The lowest BCUT2D eigenvalue weighted by Gasteiger charge is -2.37. The standard InChI is InChI=1S/C51H76F3N9O19S/c52-51(53,54)42-38-83-49(58-42)62-46(67)50(59-48(62)69)7-9-60(10-8-50)47(68)57-40-3-1-2-39(36-40)41(55)37-61(56)11-13-71-15-17-73-19-21-75-23-25-77-27-29-79-31-33-81-35-34-80-32-30-78-28-26-76-24-22-74-20-18-72-16-14-70-12-6-45(66)82-63-43(64)4-5-44(63)65/h1-3,36-38H,4-35,55-56H2,(H,57,68)(H,59,69)/b41-37-. The average Bonchev–Trinajstić information content (AvgIpc) is 2.43. The zero-order valence-electron chi connectivity index (χ0n) is 46.3. The number of aromatic nitrogens is 1. The number of carbonyl (C=O) groups is 6. The molecule has 466 valence electrons. The molecule has 3 fully saturated rings. The van der Waals surface area contributed by atoms with Gasteiger partial charge >= 0.3 is 24.2 Å². The fourth-order valence-corrected chi connectivity index (χ4v) is 8.50. The van der Waals surface area contributed by atoms with Crippen LogP contribution in [0.2, 0.25) is 0 Å². The number of hydrazine groups is 1. The number of nitrogens with one attached hydrogen (secondary N) is 2. The average molecular weight is 1210 g/mol. The van der Waals surface area contributed by atoms with Crippen molar-refractivity contribution in [3.8, 4) is 0 Å². The van der Waals surface area contributed by atoms with Crippen molar-refractivity contribution in [1.29, 1.82) is 0 Å². The van der Waals surface area contributed by atoms with Crippen molar-refractivity contribution in [2.75, 3.05) is 188 Å². The molecule has 1 aromatic carbocycles. The zero-order chi connectivity index (χ0) is 59.6. The highest BCUT2D eigenvalue weighted by molar-refractivity contribution is 7.14. The SMILES string of the molecule is N/C(=C\N(N)CCOCCOCCOCCOCCOCCOCCOCCOCCOCCOCCOCCOCCC(=O)ON1C(=O)CCC1=O)c1cccc(NC(=O)N2CCC3(CC2)NC(=O)N(c2nc(C(F)(F)F)cs2)C3=O)c1. The predicted octanol–water partition coefficient (Wildman–Crippen LogP) is 1.91. The molecule has 3 saturated heterocycles. The summed E-state index contributed by atoms with van der Waals surface area (Å²) in [6, 6.07) is 5.48. The summed E-state index contributed by atoms with van der Waals surface area (Å²) in [6.45, 7) is 9.69. The Morgan fingerprint density at radius 3 is 1.54 bits per heavy atom. The molecule has 0 unspecified atom stereocenters. The topological polar surface area (TPSA) is 324 Å². The summed E-state index contributed by atoms with van der Waals surface area (Å²) in [4.78, 5) is 84.1. The first-order valence-electron chi connectivity index (χ1n) is 27.0. The van der Waals surface area contributed by atoms with Crippen molar-refractivity contribution in [1.82, 2.24) is 25.3 Å². The van der Waals surface area contributed by atoms with E-state index in [2.05, 4.69) is 15.6 Å². The van der Waals surface area contributed by atoms with Crippen molar-refractivity contribution in [2.24, 2.45) is 11.6 Å². The molecule has 7 amide bonds. The van der Waals surface area contributed by atoms with Crippen LogP contribution >= 0.6 is 11.3 Å². The third-order valence-corrected chi connectivity index (χ3v) is 12.9. The first-order chi connectivity index (χ1) is 40.2. The molecule has 2 aromatic rings. The minimum Gasteiger partial charge on any atom is -0.397 e. The minimum absolute atomic E-state index is 0.0436. The molecular formula is C51H76F3N9O19S. The number of hydrogen-bond donors (Lipinski definition) is 4. The summed E-state index contributed by atoms with van der Waals surface area (Å²) in [5.41, 5.74) is 5.10. The Kier molecular flexibility index (Phi) is 31.4. The number of nitrogens with zero attached hydrogens (tertiary/aromatic N) is 5. The lowest BCUT2D eigenvalue weighted by Crippen LogP contribution is -2.56. The van der Waals surface area contributed by atoms with E-state index in [0.29, 0.717) is 190 Å². The summed E-state index contributed by atoms with van der Waals surface area (Å²) < 4.78 is 105. The highest BCUT2D eigenvalue weighted by Gasteiger charge is 2.54. The van der Waals surface area contributed by atoms with Gasteiger partial charge in [-0.25, -0.2) is 30.1 Å². The van der Waals surface area contributed by atoms with Gasteiger partial charge in [-0.15, -0.1) is 16.4 Å². The number of piperidine rings is 1. The number of carbonyl (C=O) groups excluding carboxylic acids is 6. The number of halogens is 3. The van der Waals surface area contributed by atoms with Crippen LogP contribution in [0, 0.1) is 0 Å². The van der Waals surface area contributed by atoms with Crippen LogP contribution in [0.4, 0.5) is 33.6 Å². The molecule has 28 nitrogen and oxygen atoms in total. The van der Waals surface area contributed by atoms with Crippen LogP contribution in [0.25, 0.3) is 5.70 Å². The Morgan fingerprint density at radius 2 is 1.11 bits per heavy atom. The number of hydroxylamine groups is 2. The van der Waals surface area contributed by atoms with Gasteiger partial charge in [0.25, 0.3) is 17.7 Å². The molecule has 83 heavy (non-hydrogen) atoms. The number of alkyl halides is 3. The van der Waals surface area contributed by atoms with Gasteiger partial charge in [-0.2, -0.15) is 13.2 Å². The Labute approximate surface area is 482 Å².